The number of hydrogen-bond donors (Lipinski definition) is 1. The molecule has 3 aromatic rings. The Bertz CT molecular complexity index is 934. The molecular weight excluding hydrogens is 320 g/mol. The van der Waals surface area contributed by atoms with Gasteiger partial charge in [0.25, 0.3) is 0 Å². The lowest BCUT2D eigenvalue weighted by molar-refractivity contribution is -0.384. The largest absolute Gasteiger partial charge is 0.313 e. The maximum absolute atomic E-state index is 11.0. The molecule has 0 unspecified atom stereocenters. The number of nitro groups is 1. The molecule has 126 valence electrons. The summed E-state index contributed by atoms with van der Waals surface area (Å²) in [6.07, 6.45) is 4.82. The van der Waals surface area contributed by atoms with Gasteiger partial charge in [-0.25, -0.2) is 9.97 Å². The van der Waals surface area contributed by atoms with Crippen molar-refractivity contribution in [2.45, 2.75) is 13.8 Å². The van der Waals surface area contributed by atoms with Crippen LogP contribution in [-0.4, -0.2) is 25.7 Å². The van der Waals surface area contributed by atoms with Gasteiger partial charge in [0, 0.05) is 35.4 Å². The van der Waals surface area contributed by atoms with E-state index >= 15 is 0 Å². The molecule has 0 radical (unpaired) electrons. The molecule has 0 aromatic carbocycles. The second-order valence-corrected chi connectivity index (χ2v) is 5.35. The van der Waals surface area contributed by atoms with E-state index in [4.69, 9.17) is 0 Å². The van der Waals surface area contributed by atoms with Crippen LogP contribution < -0.4 is 5.43 Å². The lowest BCUT2D eigenvalue weighted by atomic mass is 10.3. The zero-order valence-electron chi connectivity index (χ0n) is 13.7. The zero-order valence-corrected chi connectivity index (χ0v) is 13.7. The van der Waals surface area contributed by atoms with Gasteiger partial charge in [0.05, 0.1) is 11.1 Å². The fourth-order valence-corrected chi connectivity index (χ4v) is 2.55. The van der Waals surface area contributed by atoms with Crippen LogP contribution in [0.2, 0.25) is 0 Å². The van der Waals surface area contributed by atoms with E-state index in [1.54, 1.807) is 12.4 Å². The monoisotopic (exact) mass is 336 g/mol. The predicted octanol–water partition coefficient (Wildman–Crippen LogP) is 3.24. The van der Waals surface area contributed by atoms with E-state index < -0.39 is 4.92 Å². The highest BCUT2D eigenvalue weighted by Gasteiger charge is 2.13. The number of pyridine rings is 2. The summed E-state index contributed by atoms with van der Waals surface area (Å²) in [7, 11) is 0. The summed E-state index contributed by atoms with van der Waals surface area (Å²) in [4.78, 5) is 18.8. The van der Waals surface area contributed by atoms with Crippen molar-refractivity contribution in [3.8, 4) is 5.82 Å². The van der Waals surface area contributed by atoms with E-state index in [9.17, 15) is 10.1 Å². The third kappa shape index (κ3) is 3.37. The number of hydrogen-bond acceptors (Lipinski definition) is 6. The van der Waals surface area contributed by atoms with Gasteiger partial charge in [-0.3, -0.25) is 15.5 Å². The molecule has 0 spiro atoms. The van der Waals surface area contributed by atoms with Crippen molar-refractivity contribution in [1.82, 2.24) is 14.5 Å². The molecule has 1 N–H and O–H groups in total. The first kappa shape index (κ1) is 16.3. The van der Waals surface area contributed by atoms with Crippen molar-refractivity contribution >= 4 is 17.7 Å². The second kappa shape index (κ2) is 6.91. The van der Waals surface area contributed by atoms with Gasteiger partial charge in [-0.15, -0.1) is 0 Å². The molecule has 3 aromatic heterocycles. The fraction of sp³-hybridized carbons (Fsp3) is 0.118. The molecule has 0 aliphatic rings. The Labute approximate surface area is 144 Å². The van der Waals surface area contributed by atoms with Crippen LogP contribution in [0.25, 0.3) is 5.82 Å². The van der Waals surface area contributed by atoms with Gasteiger partial charge >= 0.3 is 5.69 Å². The number of nitrogens with one attached hydrogen (secondary N) is 1. The van der Waals surface area contributed by atoms with Gasteiger partial charge in [0.2, 0.25) is 5.82 Å². The number of hydrazone groups is 1. The predicted molar refractivity (Wildman–Crippen MR) is 95.1 cm³/mol. The second-order valence-electron chi connectivity index (χ2n) is 5.35. The number of aromatic nitrogens is 3. The Morgan fingerprint density at radius 1 is 1.20 bits per heavy atom. The van der Waals surface area contributed by atoms with Crippen LogP contribution in [-0.2, 0) is 0 Å². The molecule has 0 fully saturated rings. The van der Waals surface area contributed by atoms with Crippen molar-refractivity contribution in [2.75, 3.05) is 5.43 Å². The van der Waals surface area contributed by atoms with E-state index in [1.807, 2.05) is 42.7 Å². The van der Waals surface area contributed by atoms with Gasteiger partial charge < -0.3 is 4.57 Å². The zero-order chi connectivity index (χ0) is 17.8. The smallest absolute Gasteiger partial charge is 0.303 e. The van der Waals surface area contributed by atoms with Crippen LogP contribution in [0.5, 0.6) is 0 Å². The summed E-state index contributed by atoms with van der Waals surface area (Å²) in [5, 5.41) is 15.1. The first-order valence-electron chi connectivity index (χ1n) is 7.57. The Balaban J connectivity index is 1.85. The molecule has 25 heavy (non-hydrogen) atoms. The Kier molecular flexibility index (Phi) is 4.51. The van der Waals surface area contributed by atoms with Crippen molar-refractivity contribution in [3.05, 3.63) is 75.9 Å². The molecular formula is C17H16N6O2. The molecule has 0 bridgehead atoms. The molecule has 3 rings (SSSR count). The minimum absolute atomic E-state index is 0.0993. The van der Waals surface area contributed by atoms with Gasteiger partial charge in [-0.1, -0.05) is 6.07 Å². The normalized spacial score (nSPS) is 11.0. The Morgan fingerprint density at radius 3 is 2.72 bits per heavy atom. The minimum Gasteiger partial charge on any atom is -0.303 e. The van der Waals surface area contributed by atoms with Gasteiger partial charge in [-0.2, -0.15) is 5.10 Å². The molecule has 0 amide bonds. The average molecular weight is 336 g/mol. The van der Waals surface area contributed by atoms with Crippen LogP contribution >= 0.6 is 0 Å². The van der Waals surface area contributed by atoms with Crippen molar-refractivity contribution in [1.29, 1.82) is 0 Å². The minimum atomic E-state index is -0.502. The average Bonchev–Trinajstić information content (AvgIpc) is 2.90. The third-order valence-corrected chi connectivity index (χ3v) is 3.71. The summed E-state index contributed by atoms with van der Waals surface area (Å²) < 4.78 is 2.02. The standard InChI is InChI=1S/C17H16N6O2/c1-12-10-14(13(2)22(12)16-7-3-4-8-18-16)11-20-21-17-15(23(24)25)6-5-9-19-17/h3-11H,1-2H3,(H,19,21)/b20-11-. The molecule has 0 saturated heterocycles. The molecule has 8 nitrogen and oxygen atoms in total. The molecule has 0 aliphatic heterocycles. The molecule has 0 atom stereocenters. The van der Waals surface area contributed by atoms with E-state index in [2.05, 4.69) is 20.5 Å². The maximum atomic E-state index is 11.0. The van der Waals surface area contributed by atoms with Gasteiger partial charge in [-0.05, 0) is 38.1 Å². The molecule has 8 heteroatoms. The number of nitrogens with zero attached hydrogens (tertiary/aromatic N) is 5. The fourth-order valence-electron chi connectivity index (χ4n) is 2.55. The van der Waals surface area contributed by atoms with Crippen molar-refractivity contribution in [2.24, 2.45) is 5.10 Å². The van der Waals surface area contributed by atoms with Crippen LogP contribution in [0, 0.1) is 24.0 Å². The highest BCUT2D eigenvalue weighted by molar-refractivity contribution is 5.82. The maximum Gasteiger partial charge on any atom is 0.313 e. The topological polar surface area (TPSA) is 98.2 Å². The van der Waals surface area contributed by atoms with Crippen LogP contribution in [0.15, 0.2) is 53.9 Å². The summed E-state index contributed by atoms with van der Waals surface area (Å²) >= 11 is 0. The highest BCUT2D eigenvalue weighted by Crippen LogP contribution is 2.21. The number of rotatable bonds is 5. The molecule has 0 saturated carbocycles. The van der Waals surface area contributed by atoms with Crippen molar-refractivity contribution in [3.63, 3.8) is 0 Å². The van der Waals surface area contributed by atoms with Crippen LogP contribution in [0.4, 0.5) is 11.5 Å². The first-order valence-corrected chi connectivity index (χ1v) is 7.57. The third-order valence-electron chi connectivity index (χ3n) is 3.71. The quantitative estimate of drug-likeness (QED) is 0.438. The summed E-state index contributed by atoms with van der Waals surface area (Å²) in [6, 6.07) is 10.6. The van der Waals surface area contributed by atoms with E-state index in [-0.39, 0.29) is 11.5 Å². The van der Waals surface area contributed by atoms with E-state index in [1.165, 1.54) is 18.3 Å². The molecule has 0 aliphatic carbocycles. The van der Waals surface area contributed by atoms with E-state index in [0.717, 1.165) is 22.8 Å². The van der Waals surface area contributed by atoms with E-state index in [0.29, 0.717) is 0 Å². The van der Waals surface area contributed by atoms with Gasteiger partial charge in [0.1, 0.15) is 5.82 Å². The molecule has 3 heterocycles. The summed E-state index contributed by atoms with van der Waals surface area (Å²) in [5.74, 6) is 0.924. The number of aryl methyl sites for hydroxylation is 1. The van der Waals surface area contributed by atoms with Crippen LogP contribution in [0.3, 0.4) is 0 Å². The Hall–Kier alpha value is -3.55. The summed E-state index contributed by atoms with van der Waals surface area (Å²) in [5.41, 5.74) is 5.37. The lowest BCUT2D eigenvalue weighted by Crippen LogP contribution is -2.02. The number of anilines is 1. The first-order chi connectivity index (χ1) is 12.1. The van der Waals surface area contributed by atoms with Gasteiger partial charge in [0.15, 0.2) is 0 Å². The SMILES string of the molecule is Cc1cc(/C=N\Nc2ncccc2[N+](=O)[O-])c(C)n1-c1ccccn1. The Morgan fingerprint density at radius 2 is 2.00 bits per heavy atom. The van der Waals surface area contributed by atoms with Crippen LogP contribution in [0.1, 0.15) is 17.0 Å². The lowest BCUT2D eigenvalue weighted by Gasteiger charge is -2.07. The highest BCUT2D eigenvalue weighted by atomic mass is 16.6. The summed E-state index contributed by atoms with van der Waals surface area (Å²) in [6.45, 7) is 3.95. The van der Waals surface area contributed by atoms with Crippen molar-refractivity contribution < 1.29 is 4.92 Å².